The van der Waals surface area contributed by atoms with Crippen LogP contribution >= 0.6 is 0 Å². The van der Waals surface area contributed by atoms with Gasteiger partial charge >= 0.3 is 5.97 Å². The molecule has 9 heteroatoms. The molecule has 1 unspecified atom stereocenters. The van der Waals surface area contributed by atoms with Gasteiger partial charge < -0.3 is 19.5 Å². The summed E-state index contributed by atoms with van der Waals surface area (Å²) < 4.78 is 8.87. The third-order valence-electron chi connectivity index (χ3n) is 7.57. The first-order chi connectivity index (χ1) is 20.1. The molecule has 222 valence electrons. The quantitative estimate of drug-likeness (QED) is 0.221. The van der Waals surface area contributed by atoms with Crippen LogP contribution in [-0.4, -0.2) is 57.2 Å². The highest BCUT2D eigenvalue weighted by Crippen LogP contribution is 2.28. The summed E-state index contributed by atoms with van der Waals surface area (Å²) in [5, 5.41) is 8.56. The van der Waals surface area contributed by atoms with Crippen molar-refractivity contribution in [1.82, 2.24) is 19.2 Å². The summed E-state index contributed by atoms with van der Waals surface area (Å²) in [4.78, 5) is 40.2. The molecular weight excluding hydrogens is 530 g/mol. The van der Waals surface area contributed by atoms with Gasteiger partial charge in [0.1, 0.15) is 6.04 Å². The predicted molar refractivity (Wildman–Crippen MR) is 165 cm³/mol. The van der Waals surface area contributed by atoms with Gasteiger partial charge in [-0.2, -0.15) is 5.10 Å². The number of esters is 1. The zero-order valence-electron chi connectivity index (χ0n) is 25.4. The third-order valence-corrected chi connectivity index (χ3v) is 7.57. The number of amides is 2. The average Bonchev–Trinajstić information content (AvgIpc) is 3.54. The van der Waals surface area contributed by atoms with Gasteiger partial charge in [0.25, 0.3) is 5.91 Å². The topological polar surface area (TPSA) is 98.5 Å². The van der Waals surface area contributed by atoms with Crippen molar-refractivity contribution in [2.24, 2.45) is 0 Å². The molecule has 0 radical (unpaired) electrons. The van der Waals surface area contributed by atoms with Crippen LogP contribution in [0.1, 0.15) is 72.3 Å². The van der Waals surface area contributed by atoms with Crippen LogP contribution in [0.25, 0.3) is 10.9 Å². The fourth-order valence-electron chi connectivity index (χ4n) is 5.06. The summed E-state index contributed by atoms with van der Waals surface area (Å²) in [6.45, 7) is 11.1. The van der Waals surface area contributed by atoms with Gasteiger partial charge in [-0.1, -0.05) is 18.2 Å². The van der Waals surface area contributed by atoms with Crippen molar-refractivity contribution in [2.45, 2.75) is 66.5 Å². The number of benzene rings is 2. The lowest BCUT2D eigenvalue weighted by molar-refractivity contribution is -0.143. The van der Waals surface area contributed by atoms with Gasteiger partial charge in [0.05, 0.1) is 19.3 Å². The first-order valence-electron chi connectivity index (χ1n) is 14.5. The minimum Gasteiger partial charge on any atom is -0.466 e. The first-order valence-corrected chi connectivity index (χ1v) is 14.5. The number of hydrogen-bond donors (Lipinski definition) is 1. The standard InChI is InChI=1S/C33H41N5O4/c1-7-36(6)33(41)27-14-15-28-23(4)20-38(30(28)17-27)24(5)32(40)35-29-16-25(21-37-19-22(3)18-34-37)12-13-26(29)10-9-11-31(39)42-8-2/h12-20,24H,7-11,21H2,1-6H3,(H,35,40). The number of nitrogens with one attached hydrogen (secondary N) is 1. The van der Waals surface area contributed by atoms with Crippen LogP contribution in [0.5, 0.6) is 0 Å². The summed E-state index contributed by atoms with van der Waals surface area (Å²) >= 11 is 0. The Bertz CT molecular complexity index is 1580. The Morgan fingerprint density at radius 2 is 1.86 bits per heavy atom. The van der Waals surface area contributed by atoms with Gasteiger partial charge in [-0.05, 0) is 87.9 Å². The van der Waals surface area contributed by atoms with E-state index < -0.39 is 6.04 Å². The molecule has 0 spiro atoms. The second-order valence-corrected chi connectivity index (χ2v) is 10.8. The molecule has 2 amide bonds. The third kappa shape index (κ3) is 7.08. The van der Waals surface area contributed by atoms with Gasteiger partial charge in [-0.25, -0.2) is 0 Å². The Morgan fingerprint density at radius 3 is 2.55 bits per heavy atom. The minimum absolute atomic E-state index is 0.0569. The highest BCUT2D eigenvalue weighted by Gasteiger charge is 2.21. The van der Waals surface area contributed by atoms with E-state index in [0.29, 0.717) is 50.2 Å². The van der Waals surface area contributed by atoms with Crippen LogP contribution in [0.2, 0.25) is 0 Å². The lowest BCUT2D eigenvalue weighted by Crippen LogP contribution is -2.26. The van der Waals surface area contributed by atoms with E-state index in [-0.39, 0.29) is 17.8 Å². The van der Waals surface area contributed by atoms with Crippen molar-refractivity contribution >= 4 is 34.4 Å². The zero-order chi connectivity index (χ0) is 30.4. The maximum absolute atomic E-state index is 13.7. The van der Waals surface area contributed by atoms with Crippen LogP contribution in [0, 0.1) is 13.8 Å². The molecule has 9 nitrogen and oxygen atoms in total. The normalized spacial score (nSPS) is 11.9. The predicted octanol–water partition coefficient (Wildman–Crippen LogP) is 5.68. The van der Waals surface area contributed by atoms with Crippen molar-refractivity contribution in [3.05, 3.63) is 82.8 Å². The Labute approximate surface area is 247 Å². The summed E-state index contributed by atoms with van der Waals surface area (Å²) in [6, 6.07) is 11.1. The summed E-state index contributed by atoms with van der Waals surface area (Å²) in [5.74, 6) is -0.452. The van der Waals surface area contributed by atoms with Gasteiger partial charge in [0.15, 0.2) is 0 Å². The maximum Gasteiger partial charge on any atom is 0.305 e. The monoisotopic (exact) mass is 571 g/mol. The molecule has 2 aromatic carbocycles. The Balaban J connectivity index is 1.60. The molecule has 1 atom stereocenters. The molecule has 1 N–H and O–H groups in total. The van der Waals surface area contributed by atoms with Gasteiger partial charge in [-0.3, -0.25) is 19.1 Å². The van der Waals surface area contributed by atoms with Crippen LogP contribution in [0.3, 0.4) is 0 Å². The lowest BCUT2D eigenvalue weighted by atomic mass is 10.0. The van der Waals surface area contributed by atoms with Crippen LogP contribution in [-0.2, 0) is 27.3 Å². The number of aromatic nitrogens is 3. The Hall–Kier alpha value is -4.40. The molecule has 0 fully saturated rings. The fourth-order valence-corrected chi connectivity index (χ4v) is 5.06. The van der Waals surface area contributed by atoms with E-state index >= 15 is 0 Å². The van der Waals surface area contributed by atoms with Crippen molar-refractivity contribution < 1.29 is 19.1 Å². The molecule has 4 aromatic rings. The van der Waals surface area contributed by atoms with Crippen molar-refractivity contribution in [3.8, 4) is 0 Å². The van der Waals surface area contributed by atoms with Gasteiger partial charge in [-0.15, -0.1) is 0 Å². The molecule has 42 heavy (non-hydrogen) atoms. The molecule has 0 saturated heterocycles. The number of aryl methyl sites for hydroxylation is 3. The lowest BCUT2D eigenvalue weighted by Gasteiger charge is -2.19. The molecule has 0 aliphatic heterocycles. The summed E-state index contributed by atoms with van der Waals surface area (Å²) in [7, 11) is 1.78. The number of anilines is 1. The Morgan fingerprint density at radius 1 is 1.07 bits per heavy atom. The number of carbonyl (C=O) groups excluding carboxylic acids is 3. The van der Waals surface area contributed by atoms with Crippen LogP contribution in [0.15, 0.2) is 55.0 Å². The summed E-state index contributed by atoms with van der Waals surface area (Å²) in [5.41, 5.74) is 6.19. The molecule has 2 heterocycles. The minimum atomic E-state index is -0.541. The van der Waals surface area contributed by atoms with E-state index in [4.69, 9.17) is 4.74 Å². The average molecular weight is 572 g/mol. The zero-order valence-corrected chi connectivity index (χ0v) is 25.4. The van der Waals surface area contributed by atoms with E-state index in [1.165, 1.54) is 0 Å². The second kappa shape index (κ2) is 13.5. The fraction of sp³-hybridized carbons (Fsp3) is 0.394. The van der Waals surface area contributed by atoms with E-state index in [9.17, 15) is 14.4 Å². The van der Waals surface area contributed by atoms with E-state index in [0.717, 1.165) is 33.2 Å². The molecule has 2 aromatic heterocycles. The SMILES string of the molecule is CCOC(=O)CCCc1ccc(Cn2cc(C)cn2)cc1NC(=O)C(C)n1cc(C)c2ccc(C(=O)N(C)CC)cc21. The summed E-state index contributed by atoms with van der Waals surface area (Å²) in [6.07, 6.45) is 7.30. The van der Waals surface area contributed by atoms with Crippen LogP contribution in [0.4, 0.5) is 5.69 Å². The molecule has 0 saturated carbocycles. The largest absolute Gasteiger partial charge is 0.466 e. The van der Waals surface area contributed by atoms with Crippen molar-refractivity contribution in [2.75, 3.05) is 25.5 Å². The highest BCUT2D eigenvalue weighted by atomic mass is 16.5. The van der Waals surface area contributed by atoms with E-state index in [1.807, 2.05) is 91.9 Å². The molecule has 0 bridgehead atoms. The number of ether oxygens (including phenoxy) is 1. The molecule has 0 aliphatic rings. The van der Waals surface area contributed by atoms with Gasteiger partial charge in [0.2, 0.25) is 5.91 Å². The van der Waals surface area contributed by atoms with Crippen molar-refractivity contribution in [3.63, 3.8) is 0 Å². The number of hydrogen-bond acceptors (Lipinski definition) is 5. The maximum atomic E-state index is 13.7. The van der Waals surface area contributed by atoms with Crippen LogP contribution < -0.4 is 5.32 Å². The van der Waals surface area contributed by atoms with Crippen molar-refractivity contribution in [1.29, 1.82) is 0 Å². The molecule has 4 rings (SSSR count). The molecular formula is C33H41N5O4. The van der Waals surface area contributed by atoms with E-state index in [1.54, 1.807) is 18.9 Å². The first kappa shape index (κ1) is 30.6. The smallest absolute Gasteiger partial charge is 0.305 e. The number of rotatable bonds is 12. The van der Waals surface area contributed by atoms with E-state index in [2.05, 4.69) is 10.4 Å². The number of fused-ring (bicyclic) bond motifs is 1. The Kier molecular flexibility index (Phi) is 9.83. The molecule has 0 aliphatic carbocycles. The number of carbonyl (C=O) groups is 3. The second-order valence-electron chi connectivity index (χ2n) is 10.8. The van der Waals surface area contributed by atoms with Gasteiger partial charge in [0, 0.05) is 54.6 Å². The number of nitrogens with zero attached hydrogens (tertiary/aromatic N) is 4. The highest BCUT2D eigenvalue weighted by molar-refractivity contribution is 6.00.